The lowest BCUT2D eigenvalue weighted by molar-refractivity contribution is -0.118. The van der Waals surface area contributed by atoms with E-state index in [9.17, 15) is 14.7 Å². The summed E-state index contributed by atoms with van der Waals surface area (Å²) in [4.78, 5) is 23.9. The van der Waals surface area contributed by atoms with E-state index in [-0.39, 0.29) is 29.7 Å². The second-order valence-electron chi connectivity index (χ2n) is 5.69. The van der Waals surface area contributed by atoms with Gasteiger partial charge in [0.1, 0.15) is 5.75 Å². The summed E-state index contributed by atoms with van der Waals surface area (Å²) < 4.78 is 0. The smallest absolute Gasteiger partial charge is 0.255 e. The molecule has 0 heterocycles. The predicted molar refractivity (Wildman–Crippen MR) is 94.2 cm³/mol. The molecule has 0 aliphatic rings. The summed E-state index contributed by atoms with van der Waals surface area (Å²) in [6.45, 7) is 3.89. The van der Waals surface area contributed by atoms with Gasteiger partial charge in [-0.2, -0.15) is 0 Å². The number of carbonyl (C=O) groups is 2. The van der Waals surface area contributed by atoms with Crippen LogP contribution in [0.4, 0.5) is 5.69 Å². The molecule has 0 aliphatic heterocycles. The lowest BCUT2D eigenvalue weighted by atomic mass is 10.1. The number of amides is 2. The van der Waals surface area contributed by atoms with Crippen molar-refractivity contribution in [1.29, 1.82) is 0 Å². The maximum atomic E-state index is 12.1. The second-order valence-corrected chi connectivity index (χ2v) is 6.12. The van der Waals surface area contributed by atoms with E-state index < -0.39 is 5.91 Å². The van der Waals surface area contributed by atoms with Crippen molar-refractivity contribution >= 4 is 29.1 Å². The van der Waals surface area contributed by atoms with E-state index in [0.29, 0.717) is 10.7 Å². The fourth-order valence-corrected chi connectivity index (χ4v) is 2.19. The number of halogens is 1. The van der Waals surface area contributed by atoms with E-state index in [1.165, 1.54) is 18.2 Å². The number of phenols is 1. The molecule has 2 amide bonds. The highest BCUT2D eigenvalue weighted by Gasteiger charge is 2.12. The van der Waals surface area contributed by atoms with Crippen molar-refractivity contribution in [2.24, 2.45) is 5.92 Å². The zero-order chi connectivity index (χ0) is 17.7. The van der Waals surface area contributed by atoms with E-state index in [2.05, 4.69) is 10.6 Å². The summed E-state index contributed by atoms with van der Waals surface area (Å²) in [7, 11) is 0. The third-order valence-electron chi connectivity index (χ3n) is 3.38. The van der Waals surface area contributed by atoms with Crippen molar-refractivity contribution in [3.05, 3.63) is 58.6 Å². The van der Waals surface area contributed by atoms with Crippen LogP contribution < -0.4 is 10.6 Å². The number of anilines is 1. The van der Waals surface area contributed by atoms with Gasteiger partial charge < -0.3 is 15.7 Å². The van der Waals surface area contributed by atoms with Crippen LogP contribution in [-0.4, -0.2) is 16.9 Å². The normalized spacial score (nSPS) is 10.5. The van der Waals surface area contributed by atoms with Crippen LogP contribution >= 0.6 is 11.6 Å². The van der Waals surface area contributed by atoms with Crippen LogP contribution in [0, 0.1) is 5.92 Å². The van der Waals surface area contributed by atoms with Gasteiger partial charge in [0, 0.05) is 23.2 Å². The van der Waals surface area contributed by atoms with Gasteiger partial charge in [-0.25, -0.2) is 0 Å². The lowest BCUT2D eigenvalue weighted by Gasteiger charge is -2.10. The molecule has 0 spiro atoms. The van der Waals surface area contributed by atoms with Crippen molar-refractivity contribution in [3.63, 3.8) is 0 Å². The van der Waals surface area contributed by atoms with Crippen LogP contribution in [0.15, 0.2) is 42.5 Å². The molecule has 0 unspecified atom stereocenters. The molecule has 0 radical (unpaired) electrons. The Morgan fingerprint density at radius 3 is 2.62 bits per heavy atom. The number of nitrogens with one attached hydrogen (secondary N) is 2. The van der Waals surface area contributed by atoms with E-state index >= 15 is 0 Å². The average molecular weight is 347 g/mol. The molecule has 0 saturated heterocycles. The van der Waals surface area contributed by atoms with E-state index in [1.807, 2.05) is 19.9 Å². The monoisotopic (exact) mass is 346 g/mol. The Balaban J connectivity index is 2.03. The third kappa shape index (κ3) is 4.73. The Morgan fingerprint density at radius 2 is 1.92 bits per heavy atom. The van der Waals surface area contributed by atoms with Crippen molar-refractivity contribution in [3.8, 4) is 5.75 Å². The third-order valence-corrected chi connectivity index (χ3v) is 3.61. The van der Waals surface area contributed by atoms with Crippen LogP contribution in [0.1, 0.15) is 29.8 Å². The van der Waals surface area contributed by atoms with Gasteiger partial charge >= 0.3 is 0 Å². The molecular formula is C18H19ClN2O3. The van der Waals surface area contributed by atoms with E-state index in [0.717, 1.165) is 5.56 Å². The van der Waals surface area contributed by atoms with Crippen LogP contribution in [0.3, 0.4) is 0 Å². The van der Waals surface area contributed by atoms with Gasteiger partial charge in [0.05, 0.1) is 5.56 Å². The number of aromatic hydroxyl groups is 1. The molecule has 24 heavy (non-hydrogen) atoms. The number of hydrogen-bond donors (Lipinski definition) is 3. The minimum Gasteiger partial charge on any atom is -0.507 e. The fourth-order valence-electron chi connectivity index (χ4n) is 2.01. The first kappa shape index (κ1) is 17.8. The first-order valence-electron chi connectivity index (χ1n) is 7.53. The van der Waals surface area contributed by atoms with Crippen molar-refractivity contribution in [2.75, 3.05) is 5.32 Å². The number of rotatable bonds is 5. The van der Waals surface area contributed by atoms with Gasteiger partial charge in [-0.3, -0.25) is 9.59 Å². The first-order valence-corrected chi connectivity index (χ1v) is 7.91. The molecule has 126 valence electrons. The molecule has 0 atom stereocenters. The van der Waals surface area contributed by atoms with Crippen molar-refractivity contribution in [1.82, 2.24) is 5.32 Å². The second kappa shape index (κ2) is 7.84. The molecule has 0 aromatic heterocycles. The molecule has 5 nitrogen and oxygen atoms in total. The summed E-state index contributed by atoms with van der Waals surface area (Å²) in [5.41, 5.74) is 1.62. The summed E-state index contributed by atoms with van der Waals surface area (Å²) in [5.74, 6) is -0.735. The molecule has 6 heteroatoms. The fraction of sp³-hybridized carbons (Fsp3) is 0.222. The standard InChI is InChI=1S/C18H19ClN2O3/c1-11(2)17(23)21-14-5-3-4-12(8-14)10-20-18(24)15-9-13(19)6-7-16(15)22/h3-9,11,22H,10H2,1-2H3,(H,20,24)(H,21,23). The Hall–Kier alpha value is -2.53. The van der Waals surface area contributed by atoms with Crippen LogP contribution in [0.5, 0.6) is 5.75 Å². The first-order chi connectivity index (χ1) is 11.4. The van der Waals surface area contributed by atoms with Gasteiger partial charge in [-0.15, -0.1) is 0 Å². The predicted octanol–water partition coefficient (Wildman–Crippen LogP) is 3.57. The highest BCUT2D eigenvalue weighted by atomic mass is 35.5. The van der Waals surface area contributed by atoms with E-state index in [1.54, 1.807) is 18.2 Å². The number of phenolic OH excluding ortho intramolecular Hbond substituents is 1. The van der Waals surface area contributed by atoms with Crippen LogP contribution in [0.25, 0.3) is 0 Å². The van der Waals surface area contributed by atoms with Crippen molar-refractivity contribution in [2.45, 2.75) is 20.4 Å². The number of carbonyl (C=O) groups excluding carboxylic acids is 2. The van der Waals surface area contributed by atoms with Gasteiger partial charge in [-0.1, -0.05) is 37.6 Å². The molecule has 0 saturated carbocycles. The molecule has 0 fully saturated rings. The molecule has 2 aromatic carbocycles. The molecular weight excluding hydrogens is 328 g/mol. The van der Waals surface area contributed by atoms with E-state index in [4.69, 9.17) is 11.6 Å². The Morgan fingerprint density at radius 1 is 1.17 bits per heavy atom. The number of benzene rings is 2. The summed E-state index contributed by atoms with van der Waals surface area (Å²) in [6, 6.07) is 11.5. The van der Waals surface area contributed by atoms with Gasteiger partial charge in [0.25, 0.3) is 5.91 Å². The largest absolute Gasteiger partial charge is 0.507 e. The van der Waals surface area contributed by atoms with Gasteiger partial charge in [0.15, 0.2) is 0 Å². The Kier molecular flexibility index (Phi) is 5.82. The quantitative estimate of drug-likeness (QED) is 0.774. The SMILES string of the molecule is CC(C)C(=O)Nc1cccc(CNC(=O)c2cc(Cl)ccc2O)c1. The minimum absolute atomic E-state index is 0.0694. The maximum Gasteiger partial charge on any atom is 0.255 e. The summed E-state index contributed by atoms with van der Waals surface area (Å²) in [5, 5.41) is 15.6. The zero-order valence-electron chi connectivity index (χ0n) is 13.5. The molecule has 2 aromatic rings. The average Bonchev–Trinajstić information content (AvgIpc) is 2.55. The highest BCUT2D eigenvalue weighted by Crippen LogP contribution is 2.21. The molecule has 3 N–H and O–H groups in total. The summed E-state index contributed by atoms with van der Waals surface area (Å²) >= 11 is 5.84. The molecule has 0 bridgehead atoms. The zero-order valence-corrected chi connectivity index (χ0v) is 14.2. The van der Waals surface area contributed by atoms with Gasteiger partial charge in [0.2, 0.25) is 5.91 Å². The molecule has 2 rings (SSSR count). The molecule has 0 aliphatic carbocycles. The Bertz CT molecular complexity index is 760. The lowest BCUT2D eigenvalue weighted by Crippen LogP contribution is -2.23. The van der Waals surface area contributed by atoms with Crippen molar-refractivity contribution < 1.29 is 14.7 Å². The Labute approximate surface area is 145 Å². The van der Waals surface area contributed by atoms with Crippen LogP contribution in [-0.2, 0) is 11.3 Å². The topological polar surface area (TPSA) is 78.4 Å². The summed E-state index contributed by atoms with van der Waals surface area (Å²) in [6.07, 6.45) is 0. The minimum atomic E-state index is -0.424. The highest BCUT2D eigenvalue weighted by molar-refractivity contribution is 6.31. The van der Waals surface area contributed by atoms with Gasteiger partial charge in [-0.05, 0) is 35.9 Å². The van der Waals surface area contributed by atoms with Crippen LogP contribution in [0.2, 0.25) is 5.02 Å². The number of hydrogen-bond acceptors (Lipinski definition) is 3. The maximum absolute atomic E-state index is 12.1.